The molecule has 1 aromatic carbocycles. The largest absolute Gasteiger partial charge is 0.417 e. The van der Waals surface area contributed by atoms with Gasteiger partial charge in [-0.25, -0.2) is 0 Å². The number of Topliss-reactive ketones (excluding diaryl/α,β-unsaturated/α-hetero) is 1. The van der Waals surface area contributed by atoms with Gasteiger partial charge in [0.2, 0.25) is 0 Å². The van der Waals surface area contributed by atoms with Crippen LogP contribution in [0.4, 0.5) is 13.2 Å². The van der Waals surface area contributed by atoms with Crippen LogP contribution in [0.5, 0.6) is 0 Å². The van der Waals surface area contributed by atoms with Gasteiger partial charge in [-0.2, -0.15) is 13.2 Å². The highest BCUT2D eigenvalue weighted by atomic mass is 19.4. The Morgan fingerprint density at radius 2 is 1.70 bits per heavy atom. The Morgan fingerprint density at radius 1 is 1.15 bits per heavy atom. The lowest BCUT2D eigenvalue weighted by atomic mass is 10.0. The van der Waals surface area contributed by atoms with Crippen LogP contribution in [0.1, 0.15) is 36.2 Å². The van der Waals surface area contributed by atoms with Gasteiger partial charge in [-0.1, -0.05) is 18.2 Å². The molecule has 1 rings (SSSR count). The fraction of sp³-hybridized carbons (Fsp3) is 0.500. The highest BCUT2D eigenvalue weighted by molar-refractivity contribution is 5.97. The zero-order valence-corrected chi connectivity index (χ0v) is 11.4. The van der Waals surface area contributed by atoms with Crippen LogP contribution in [0.2, 0.25) is 0 Å². The van der Waals surface area contributed by atoms with Crippen LogP contribution in [0.25, 0.3) is 0 Å². The molecule has 0 aliphatic rings. The molecule has 6 heteroatoms. The summed E-state index contributed by atoms with van der Waals surface area (Å²) in [6, 6.07) is 4.71. The molecule has 0 atom stereocenters. The molecule has 20 heavy (non-hydrogen) atoms. The Kier molecular flexibility index (Phi) is 6.16. The Labute approximate surface area is 115 Å². The molecular weight excluding hydrogens is 273 g/mol. The molecular formula is C14H17F3O3. The Balaban J connectivity index is 2.92. The average molecular weight is 290 g/mol. The molecule has 0 aliphatic heterocycles. The van der Waals surface area contributed by atoms with Gasteiger partial charge >= 0.3 is 6.18 Å². The number of hydrogen-bond donors (Lipinski definition) is 0. The number of halogens is 3. The van der Waals surface area contributed by atoms with Crippen molar-refractivity contribution in [3.05, 3.63) is 35.4 Å². The zero-order chi connectivity index (χ0) is 15.2. The summed E-state index contributed by atoms with van der Waals surface area (Å²) in [5.41, 5.74) is -1.29. The minimum absolute atomic E-state index is 0.241. The number of benzene rings is 1. The van der Waals surface area contributed by atoms with Crippen LogP contribution in [-0.2, 0) is 15.7 Å². The van der Waals surface area contributed by atoms with Gasteiger partial charge < -0.3 is 9.47 Å². The molecule has 0 radical (unpaired) electrons. The lowest BCUT2D eigenvalue weighted by molar-refractivity contribution is -0.139. The fourth-order valence-corrected chi connectivity index (χ4v) is 1.77. The minimum Gasteiger partial charge on any atom is -0.352 e. The van der Waals surface area contributed by atoms with E-state index in [0.717, 1.165) is 6.07 Å². The van der Waals surface area contributed by atoms with Crippen molar-refractivity contribution in [2.24, 2.45) is 0 Å². The van der Waals surface area contributed by atoms with E-state index in [9.17, 15) is 18.0 Å². The average Bonchev–Trinajstić information content (AvgIpc) is 2.38. The van der Waals surface area contributed by atoms with Crippen molar-refractivity contribution in [3.8, 4) is 0 Å². The predicted molar refractivity (Wildman–Crippen MR) is 67.4 cm³/mol. The molecule has 3 nitrogen and oxygen atoms in total. The van der Waals surface area contributed by atoms with Gasteiger partial charge in [-0.15, -0.1) is 0 Å². The standard InChI is InChI=1S/C14H17F3O3/c1-3-19-13(20-4-2)9-12(18)10-7-5-6-8-11(10)14(15,16)17/h5-8,13H,3-4,9H2,1-2H3. The Bertz CT molecular complexity index is 438. The predicted octanol–water partition coefficient (Wildman–Crippen LogP) is 3.68. The van der Waals surface area contributed by atoms with E-state index in [1.165, 1.54) is 18.2 Å². The fourth-order valence-electron chi connectivity index (χ4n) is 1.77. The second-order valence-corrected chi connectivity index (χ2v) is 4.01. The van der Waals surface area contributed by atoms with E-state index in [1.807, 2.05) is 0 Å². The van der Waals surface area contributed by atoms with Gasteiger partial charge in [0.1, 0.15) is 0 Å². The number of rotatable bonds is 7. The summed E-state index contributed by atoms with van der Waals surface area (Å²) in [6.45, 7) is 4.08. The monoisotopic (exact) mass is 290 g/mol. The maximum absolute atomic E-state index is 12.8. The first-order chi connectivity index (χ1) is 9.40. The molecule has 0 unspecified atom stereocenters. The second-order valence-electron chi connectivity index (χ2n) is 4.01. The van der Waals surface area contributed by atoms with Crippen molar-refractivity contribution in [1.82, 2.24) is 0 Å². The van der Waals surface area contributed by atoms with Gasteiger partial charge in [-0.05, 0) is 19.9 Å². The Hall–Kier alpha value is -1.40. The summed E-state index contributed by atoms with van der Waals surface area (Å²) in [5, 5.41) is 0. The first-order valence-electron chi connectivity index (χ1n) is 6.32. The number of ketones is 1. The summed E-state index contributed by atoms with van der Waals surface area (Å²) in [5.74, 6) is -0.648. The third-order valence-electron chi connectivity index (χ3n) is 2.59. The molecule has 0 heterocycles. The molecule has 0 saturated carbocycles. The summed E-state index contributed by atoms with van der Waals surface area (Å²) in [7, 11) is 0. The smallest absolute Gasteiger partial charge is 0.352 e. The van der Waals surface area contributed by atoms with Crippen LogP contribution >= 0.6 is 0 Å². The molecule has 0 fully saturated rings. The van der Waals surface area contributed by atoms with Crippen molar-refractivity contribution in [2.75, 3.05) is 13.2 Å². The van der Waals surface area contributed by atoms with Gasteiger partial charge in [0.05, 0.1) is 12.0 Å². The van der Waals surface area contributed by atoms with Crippen molar-refractivity contribution in [1.29, 1.82) is 0 Å². The van der Waals surface area contributed by atoms with Crippen molar-refractivity contribution in [2.45, 2.75) is 32.7 Å². The molecule has 0 saturated heterocycles. The molecule has 0 N–H and O–H groups in total. The lowest BCUT2D eigenvalue weighted by Crippen LogP contribution is -2.23. The van der Waals surface area contributed by atoms with Gasteiger partial charge in [0, 0.05) is 18.8 Å². The molecule has 112 valence electrons. The topological polar surface area (TPSA) is 35.5 Å². The molecule has 0 aliphatic carbocycles. The van der Waals surface area contributed by atoms with E-state index in [0.29, 0.717) is 13.2 Å². The SMILES string of the molecule is CCOC(CC(=O)c1ccccc1C(F)(F)F)OCC. The number of alkyl halides is 3. The second kappa shape index (κ2) is 7.40. The summed E-state index contributed by atoms with van der Waals surface area (Å²) >= 11 is 0. The van der Waals surface area contributed by atoms with E-state index < -0.39 is 23.8 Å². The van der Waals surface area contributed by atoms with Crippen molar-refractivity contribution < 1.29 is 27.4 Å². The Morgan fingerprint density at radius 3 is 2.20 bits per heavy atom. The van der Waals surface area contributed by atoms with Crippen LogP contribution in [-0.4, -0.2) is 25.3 Å². The first-order valence-corrected chi connectivity index (χ1v) is 6.32. The summed E-state index contributed by atoms with van der Waals surface area (Å²) in [4.78, 5) is 12.0. The quantitative estimate of drug-likeness (QED) is 0.567. The molecule has 0 bridgehead atoms. The number of carbonyl (C=O) groups is 1. The van der Waals surface area contributed by atoms with Crippen LogP contribution in [0.3, 0.4) is 0 Å². The van der Waals surface area contributed by atoms with Gasteiger partial charge in [-0.3, -0.25) is 4.79 Å². The summed E-state index contributed by atoms with van der Waals surface area (Å²) < 4.78 is 48.8. The van der Waals surface area contributed by atoms with Crippen molar-refractivity contribution >= 4 is 5.78 Å². The maximum atomic E-state index is 12.8. The highest BCUT2D eigenvalue weighted by Crippen LogP contribution is 2.32. The highest BCUT2D eigenvalue weighted by Gasteiger charge is 2.35. The molecule has 1 aromatic rings. The number of ether oxygens (including phenoxy) is 2. The summed E-state index contributed by atoms with van der Waals surface area (Å²) in [6.07, 6.45) is -5.62. The number of hydrogen-bond acceptors (Lipinski definition) is 3. The lowest BCUT2D eigenvalue weighted by Gasteiger charge is -2.17. The van der Waals surface area contributed by atoms with Crippen LogP contribution in [0, 0.1) is 0 Å². The van der Waals surface area contributed by atoms with E-state index in [-0.39, 0.29) is 12.0 Å². The first kappa shape index (κ1) is 16.7. The van der Waals surface area contributed by atoms with Crippen LogP contribution in [0.15, 0.2) is 24.3 Å². The van der Waals surface area contributed by atoms with Crippen molar-refractivity contribution in [3.63, 3.8) is 0 Å². The molecule has 0 amide bonds. The normalized spacial score (nSPS) is 11.9. The van der Waals surface area contributed by atoms with E-state index in [2.05, 4.69) is 0 Å². The maximum Gasteiger partial charge on any atom is 0.417 e. The van der Waals surface area contributed by atoms with E-state index in [4.69, 9.17) is 9.47 Å². The zero-order valence-electron chi connectivity index (χ0n) is 11.4. The van der Waals surface area contributed by atoms with E-state index >= 15 is 0 Å². The van der Waals surface area contributed by atoms with Crippen LogP contribution < -0.4 is 0 Å². The van der Waals surface area contributed by atoms with Gasteiger partial charge in [0.25, 0.3) is 0 Å². The number of carbonyl (C=O) groups excluding carboxylic acids is 1. The third kappa shape index (κ3) is 4.61. The molecule has 0 aromatic heterocycles. The van der Waals surface area contributed by atoms with Gasteiger partial charge in [0.15, 0.2) is 12.1 Å². The van der Waals surface area contributed by atoms with E-state index in [1.54, 1.807) is 13.8 Å². The minimum atomic E-state index is -4.56. The molecule has 0 spiro atoms. The third-order valence-corrected chi connectivity index (χ3v) is 2.59.